The molecule has 0 radical (unpaired) electrons. The molecule has 3 nitrogen and oxygen atoms in total. The van der Waals surface area contributed by atoms with E-state index in [9.17, 15) is 4.79 Å². The van der Waals surface area contributed by atoms with Crippen LogP contribution in [0, 0.1) is 5.92 Å². The van der Waals surface area contributed by atoms with Gasteiger partial charge >= 0.3 is 5.97 Å². The Morgan fingerprint density at radius 3 is 2.21 bits per heavy atom. The van der Waals surface area contributed by atoms with Crippen molar-refractivity contribution >= 4 is 16.7 Å². The third-order valence-corrected chi connectivity index (χ3v) is 3.22. The van der Waals surface area contributed by atoms with Gasteiger partial charge in [-0.25, -0.2) is 0 Å². The van der Waals surface area contributed by atoms with Crippen molar-refractivity contribution in [2.75, 3.05) is 6.61 Å². The third kappa shape index (κ3) is 2.70. The van der Waals surface area contributed by atoms with E-state index in [2.05, 4.69) is 24.3 Å². The van der Waals surface area contributed by atoms with Gasteiger partial charge in [0.1, 0.15) is 11.5 Å². The van der Waals surface area contributed by atoms with Gasteiger partial charge in [0.25, 0.3) is 0 Å². The van der Waals surface area contributed by atoms with Crippen LogP contribution in [-0.4, -0.2) is 12.6 Å². The molecule has 3 heterocycles. The minimum absolute atomic E-state index is 0.00694. The molecular weight excluding hydrogens is 240 g/mol. The van der Waals surface area contributed by atoms with E-state index in [-0.39, 0.29) is 11.9 Å². The van der Waals surface area contributed by atoms with Crippen LogP contribution in [0.4, 0.5) is 0 Å². The van der Waals surface area contributed by atoms with E-state index in [1.165, 1.54) is 10.8 Å². The van der Waals surface area contributed by atoms with Crippen molar-refractivity contribution in [1.29, 1.82) is 0 Å². The second-order valence-corrected chi connectivity index (χ2v) is 4.80. The van der Waals surface area contributed by atoms with Crippen LogP contribution in [-0.2, 0) is 9.53 Å². The fourth-order valence-corrected chi connectivity index (χ4v) is 2.04. The van der Waals surface area contributed by atoms with E-state index < -0.39 is 0 Å². The minimum Gasteiger partial charge on any atom is -0.466 e. The van der Waals surface area contributed by atoms with Crippen molar-refractivity contribution in [2.24, 2.45) is 5.92 Å². The summed E-state index contributed by atoms with van der Waals surface area (Å²) in [5, 5.41) is 2.51. The standard InChI is InChI=1S/C10H6O.C6H10O2/c1-3-9-6-8-2-4-10(11-9)5-7(1)8;1-2-8-6(7)5-3-4-5/h1-6H;5H,2-4H2,1H3. The molecule has 3 aliphatic heterocycles. The van der Waals surface area contributed by atoms with Crippen LogP contribution in [0.3, 0.4) is 0 Å². The summed E-state index contributed by atoms with van der Waals surface area (Å²) in [6.45, 7) is 2.36. The zero-order valence-electron chi connectivity index (χ0n) is 10.9. The van der Waals surface area contributed by atoms with Gasteiger partial charge in [-0.1, -0.05) is 12.1 Å². The van der Waals surface area contributed by atoms with Gasteiger partial charge in [-0.3, -0.25) is 4.79 Å². The Morgan fingerprint density at radius 2 is 1.74 bits per heavy atom. The van der Waals surface area contributed by atoms with Crippen molar-refractivity contribution in [3.05, 3.63) is 36.4 Å². The Morgan fingerprint density at radius 1 is 1.16 bits per heavy atom. The molecule has 1 aliphatic carbocycles. The zero-order valence-corrected chi connectivity index (χ0v) is 10.9. The van der Waals surface area contributed by atoms with Gasteiger partial charge in [-0.05, 0) is 54.8 Å². The largest absolute Gasteiger partial charge is 0.466 e. The van der Waals surface area contributed by atoms with Gasteiger partial charge in [-0.15, -0.1) is 0 Å². The molecule has 2 aromatic carbocycles. The Bertz CT molecular complexity index is 573. The summed E-state index contributed by atoms with van der Waals surface area (Å²) in [5.41, 5.74) is 0. The predicted octanol–water partition coefficient (Wildman–Crippen LogP) is 3.91. The molecule has 3 heteroatoms. The van der Waals surface area contributed by atoms with Crippen LogP contribution in [0.15, 0.2) is 36.4 Å². The number of esters is 1. The van der Waals surface area contributed by atoms with Crippen LogP contribution in [0.1, 0.15) is 19.8 Å². The van der Waals surface area contributed by atoms with Gasteiger partial charge in [0.05, 0.1) is 12.5 Å². The number of carbonyl (C=O) groups excluding carboxylic acids is 1. The summed E-state index contributed by atoms with van der Waals surface area (Å²) < 4.78 is 10.2. The lowest BCUT2D eigenvalue weighted by Crippen LogP contribution is -2.04. The summed E-state index contributed by atoms with van der Waals surface area (Å²) >= 11 is 0. The highest BCUT2D eigenvalue weighted by molar-refractivity contribution is 5.86. The molecule has 0 saturated heterocycles. The lowest BCUT2D eigenvalue weighted by atomic mass is 10.1. The fourth-order valence-electron chi connectivity index (χ4n) is 2.04. The maximum Gasteiger partial charge on any atom is 0.308 e. The van der Waals surface area contributed by atoms with E-state index in [1.807, 2.05) is 19.1 Å². The zero-order chi connectivity index (χ0) is 13.2. The molecular formula is C16H16O3. The number of fused-ring (bicyclic) bond motifs is 2. The number of hydrogen-bond donors (Lipinski definition) is 0. The molecule has 0 amide bonds. The first-order valence-electron chi connectivity index (χ1n) is 6.64. The molecule has 2 aromatic rings. The number of hydrogen-bond acceptors (Lipinski definition) is 3. The van der Waals surface area contributed by atoms with Gasteiger partial charge < -0.3 is 9.47 Å². The molecule has 4 bridgehead atoms. The normalized spacial score (nSPS) is 14.8. The molecule has 0 aromatic heterocycles. The van der Waals surface area contributed by atoms with Crippen LogP contribution in [0.25, 0.3) is 10.8 Å². The fraction of sp³-hybridized carbons (Fsp3) is 0.312. The van der Waals surface area contributed by atoms with E-state index in [0.717, 1.165) is 24.3 Å². The summed E-state index contributed by atoms with van der Waals surface area (Å²) in [4.78, 5) is 10.6. The Balaban J connectivity index is 0.000000123. The molecule has 1 fully saturated rings. The molecule has 4 aliphatic rings. The monoisotopic (exact) mass is 256 g/mol. The van der Waals surface area contributed by atoms with Crippen molar-refractivity contribution in [1.82, 2.24) is 0 Å². The quantitative estimate of drug-likeness (QED) is 0.652. The lowest BCUT2D eigenvalue weighted by Gasteiger charge is -1.97. The number of ether oxygens (including phenoxy) is 2. The van der Waals surface area contributed by atoms with E-state index in [4.69, 9.17) is 9.47 Å². The summed E-state index contributed by atoms with van der Waals surface area (Å²) in [6, 6.07) is 12.3. The van der Waals surface area contributed by atoms with Crippen LogP contribution in [0.5, 0.6) is 11.5 Å². The summed E-state index contributed by atoms with van der Waals surface area (Å²) in [7, 11) is 0. The number of carbonyl (C=O) groups is 1. The first-order valence-corrected chi connectivity index (χ1v) is 6.64. The molecule has 0 unspecified atom stereocenters. The first kappa shape index (κ1) is 12.0. The third-order valence-electron chi connectivity index (χ3n) is 3.22. The smallest absolute Gasteiger partial charge is 0.308 e. The molecule has 0 spiro atoms. The van der Waals surface area contributed by atoms with Gasteiger partial charge in [0, 0.05) is 0 Å². The molecule has 98 valence electrons. The van der Waals surface area contributed by atoms with E-state index in [0.29, 0.717) is 6.61 Å². The maximum absolute atomic E-state index is 10.6. The highest BCUT2D eigenvalue weighted by Gasteiger charge is 2.30. The second kappa shape index (κ2) is 4.92. The van der Waals surface area contributed by atoms with E-state index >= 15 is 0 Å². The van der Waals surface area contributed by atoms with Crippen LogP contribution in [0.2, 0.25) is 0 Å². The first-order chi connectivity index (χ1) is 9.26. The summed E-state index contributed by atoms with van der Waals surface area (Å²) in [5.74, 6) is 2.14. The number of rotatable bonds is 2. The maximum atomic E-state index is 10.6. The highest BCUT2D eigenvalue weighted by atomic mass is 16.5. The number of benzene rings is 2. The molecule has 1 saturated carbocycles. The van der Waals surface area contributed by atoms with Crippen molar-refractivity contribution in [3.8, 4) is 11.5 Å². The van der Waals surface area contributed by atoms with Crippen molar-refractivity contribution in [3.63, 3.8) is 0 Å². The highest BCUT2D eigenvalue weighted by Crippen LogP contribution is 2.32. The Kier molecular flexibility index (Phi) is 3.11. The molecule has 19 heavy (non-hydrogen) atoms. The summed E-state index contributed by atoms with van der Waals surface area (Å²) in [6.07, 6.45) is 2.08. The minimum atomic E-state index is -0.00694. The van der Waals surface area contributed by atoms with E-state index in [1.54, 1.807) is 0 Å². The topological polar surface area (TPSA) is 35.5 Å². The van der Waals surface area contributed by atoms with Gasteiger partial charge in [-0.2, -0.15) is 0 Å². The molecule has 6 rings (SSSR count). The molecule has 0 N–H and O–H groups in total. The van der Waals surface area contributed by atoms with Gasteiger partial charge in [0.2, 0.25) is 0 Å². The van der Waals surface area contributed by atoms with Crippen LogP contribution >= 0.6 is 0 Å². The lowest BCUT2D eigenvalue weighted by molar-refractivity contribution is -0.144. The Labute approximate surface area is 112 Å². The van der Waals surface area contributed by atoms with Crippen molar-refractivity contribution in [2.45, 2.75) is 19.8 Å². The average molecular weight is 256 g/mol. The second-order valence-electron chi connectivity index (χ2n) is 4.80. The van der Waals surface area contributed by atoms with Gasteiger partial charge in [0.15, 0.2) is 0 Å². The average Bonchev–Trinajstić information content (AvgIpc) is 3.26. The predicted molar refractivity (Wildman–Crippen MR) is 73.4 cm³/mol. The van der Waals surface area contributed by atoms with Crippen molar-refractivity contribution < 1.29 is 14.3 Å². The van der Waals surface area contributed by atoms with Crippen LogP contribution < -0.4 is 4.74 Å². The molecule has 0 atom stereocenters. The Hall–Kier alpha value is -2.03. The SMILES string of the molecule is CCOC(=O)C1CC1.c1cc2cc3ccc2cc1O3.